The Hall–Kier alpha value is 0.720. The Morgan fingerprint density at radius 2 is 0.375 bits per heavy atom. The van der Waals surface area contributed by atoms with Gasteiger partial charge in [0.15, 0.2) is 0 Å². The quantitative estimate of drug-likeness (QED) is 0.344. The van der Waals surface area contributed by atoms with Crippen molar-refractivity contribution < 1.29 is 28.2 Å². The van der Waals surface area contributed by atoms with Crippen LogP contribution < -0.4 is 0 Å². The van der Waals surface area contributed by atoms with Crippen LogP contribution in [0.1, 0.15) is 0 Å². The topological polar surface area (TPSA) is 0 Å². The summed E-state index contributed by atoms with van der Waals surface area (Å²) in [4.78, 5) is 0. The maximum absolute atomic E-state index is 0. The minimum absolute atomic E-state index is 0. The maximum atomic E-state index is 0. The molecule has 0 bridgehead atoms. The number of halogens is 6. The molecule has 0 nitrogen and oxygen atoms in total. The second-order valence-corrected chi connectivity index (χ2v) is 0. The molecule has 8 heteroatoms. The van der Waals surface area contributed by atoms with Gasteiger partial charge in [-0.15, -0.1) is 0 Å². The van der Waals surface area contributed by atoms with E-state index in [1.54, 1.807) is 0 Å². The molecule has 0 aromatic rings. The molecule has 0 unspecified atom stereocenters. The summed E-state index contributed by atoms with van der Waals surface area (Å²) in [7, 11) is 0. The molecule has 0 saturated carbocycles. The first-order valence-corrected chi connectivity index (χ1v) is 0. The van der Waals surface area contributed by atoms with Gasteiger partial charge in [0.25, 0.3) is 0 Å². The van der Waals surface area contributed by atoms with Crippen molar-refractivity contribution in [2.45, 2.75) is 0 Å². The molecule has 0 aliphatic heterocycles. The van der Waals surface area contributed by atoms with E-state index in [-0.39, 0.29) is 64.7 Å². The van der Waals surface area contributed by atoms with Crippen molar-refractivity contribution in [3.8, 4) is 0 Å². The third-order valence-electron chi connectivity index (χ3n) is 0. The van der Waals surface area contributed by atoms with E-state index in [9.17, 15) is 0 Å². The monoisotopic (exact) mass is 206 g/mol. The van der Waals surface area contributed by atoms with Crippen LogP contribution in [0.25, 0.3) is 0 Å². The van der Waals surface area contributed by atoms with Crippen LogP contribution in [0.5, 0.6) is 0 Å². The summed E-state index contributed by atoms with van der Waals surface area (Å²) in [6.07, 6.45) is 0. The van der Waals surface area contributed by atoms with Crippen molar-refractivity contribution in [1.82, 2.24) is 0 Å². The molecule has 0 aromatic carbocycles. The van der Waals surface area contributed by atoms with E-state index < -0.39 is 0 Å². The molecule has 0 amide bonds. The molecule has 58 valence electrons. The van der Waals surface area contributed by atoms with Crippen molar-refractivity contribution >= 4 is 36.5 Å². The minimum atomic E-state index is 0. The number of rotatable bonds is 0. The molecule has 0 aliphatic carbocycles. The van der Waals surface area contributed by atoms with Crippen molar-refractivity contribution in [1.29, 1.82) is 0 Å². The number of hydrogen-bond donors (Lipinski definition) is 0. The first-order valence-electron chi connectivity index (χ1n) is 0. The fourth-order valence-electron chi connectivity index (χ4n) is 0. The van der Waals surface area contributed by atoms with Gasteiger partial charge >= 0.3 is 36.5 Å². The Labute approximate surface area is 65.1 Å². The first kappa shape index (κ1) is 1000. The van der Waals surface area contributed by atoms with Gasteiger partial charge in [-0.3, -0.25) is 28.2 Å². The molecule has 0 heterocycles. The van der Waals surface area contributed by atoms with E-state index in [1.807, 2.05) is 0 Å². The summed E-state index contributed by atoms with van der Waals surface area (Å²) in [5, 5.41) is 0. The van der Waals surface area contributed by atoms with Gasteiger partial charge in [0.2, 0.25) is 0 Å². The van der Waals surface area contributed by atoms with E-state index in [1.165, 1.54) is 0 Å². The second-order valence-electron chi connectivity index (χ2n) is 0. The Balaban J connectivity index is 0. The van der Waals surface area contributed by atoms with Gasteiger partial charge in [-0.05, 0) is 0 Å². The van der Waals surface area contributed by atoms with Crippen LogP contribution in [0, 0.1) is 0 Å². The van der Waals surface area contributed by atoms with Gasteiger partial charge in [0, 0.05) is 0 Å². The van der Waals surface area contributed by atoms with Gasteiger partial charge in [-0.1, -0.05) is 0 Å². The third-order valence-corrected chi connectivity index (χ3v) is 0. The molecule has 0 spiro atoms. The van der Waals surface area contributed by atoms with Gasteiger partial charge in [-0.2, -0.15) is 0 Å². The average molecular weight is 205 g/mol. The first-order chi connectivity index (χ1) is 0. The van der Waals surface area contributed by atoms with Gasteiger partial charge < -0.3 is 0 Å². The Morgan fingerprint density at radius 3 is 0.375 bits per heavy atom. The summed E-state index contributed by atoms with van der Waals surface area (Å²) in [5.41, 5.74) is 0. The van der Waals surface area contributed by atoms with Crippen LogP contribution in [0.3, 0.4) is 0 Å². The fraction of sp³-hybridized carbons (Fsp3) is 0. The Kier molecular flexibility index (Phi) is 84200. The summed E-state index contributed by atoms with van der Waals surface area (Å²) in [6.45, 7) is 0. The van der Waals surface area contributed by atoms with E-state index >= 15 is 0 Å². The fourth-order valence-corrected chi connectivity index (χ4v) is 0. The van der Waals surface area contributed by atoms with Crippen LogP contribution in [-0.2, 0) is 0 Å². The molecule has 0 radical (unpaired) electrons. The standard InChI is InChI=1S/6FH.GeH4.Li.H/h6*1H;1H4;;. The predicted octanol–water partition coefficient (Wildman–Crippen LogP) is -1.19. The molecule has 0 aliphatic rings. The predicted molar refractivity (Wildman–Crippen MR) is 33.5 cm³/mol. The Bertz CT molecular complexity index is 8.49. The van der Waals surface area contributed by atoms with Gasteiger partial charge in [0.1, 0.15) is 0 Å². The summed E-state index contributed by atoms with van der Waals surface area (Å²) in [5.74, 6) is 0. The summed E-state index contributed by atoms with van der Waals surface area (Å²) < 4.78 is 0. The SMILES string of the molecule is F.F.F.F.F.F.[GeH4].[LiH]. The van der Waals surface area contributed by atoms with Crippen molar-refractivity contribution in [3.63, 3.8) is 0 Å². The van der Waals surface area contributed by atoms with E-state index in [4.69, 9.17) is 0 Å². The molecule has 0 atom stereocenters. The zero-order valence-electron chi connectivity index (χ0n) is 2.45. The van der Waals surface area contributed by atoms with Crippen LogP contribution >= 0.6 is 0 Å². The van der Waals surface area contributed by atoms with Crippen LogP contribution in [-0.4, -0.2) is 36.5 Å². The summed E-state index contributed by atoms with van der Waals surface area (Å²) >= 11 is 0. The second kappa shape index (κ2) is 672. The molecular formula is H11F6GeLi. The van der Waals surface area contributed by atoms with Gasteiger partial charge in [-0.25, -0.2) is 0 Å². The Morgan fingerprint density at radius 1 is 0.375 bits per heavy atom. The molecule has 0 rings (SSSR count). The molecule has 8 heavy (non-hydrogen) atoms. The van der Waals surface area contributed by atoms with Crippen LogP contribution in [0.15, 0.2) is 0 Å². The van der Waals surface area contributed by atoms with Crippen molar-refractivity contribution in [2.24, 2.45) is 0 Å². The number of hydrogen-bond acceptors (Lipinski definition) is 0. The normalized spacial score (nSPS) is 0. The van der Waals surface area contributed by atoms with Crippen molar-refractivity contribution in [3.05, 3.63) is 0 Å². The summed E-state index contributed by atoms with van der Waals surface area (Å²) in [6, 6.07) is 0. The molecular weight excluding hydrogens is 194 g/mol. The molecule has 0 aromatic heterocycles. The van der Waals surface area contributed by atoms with E-state index in [0.29, 0.717) is 0 Å². The molecule has 0 saturated heterocycles. The van der Waals surface area contributed by atoms with Crippen molar-refractivity contribution in [2.75, 3.05) is 0 Å². The zero-order valence-corrected chi connectivity index (χ0v) is 2.45. The third kappa shape index (κ3) is 424. The van der Waals surface area contributed by atoms with E-state index in [2.05, 4.69) is 0 Å². The van der Waals surface area contributed by atoms with E-state index in [0.717, 1.165) is 0 Å². The van der Waals surface area contributed by atoms with Crippen LogP contribution in [0.2, 0.25) is 0 Å². The molecule has 0 fully saturated rings. The zero-order chi connectivity index (χ0) is 0. The van der Waals surface area contributed by atoms with Gasteiger partial charge in [0.05, 0.1) is 0 Å². The molecule has 0 N–H and O–H groups in total. The van der Waals surface area contributed by atoms with Crippen LogP contribution in [0.4, 0.5) is 28.2 Å². The average Bonchev–Trinajstić information content (AvgIpc) is 0.